The van der Waals surface area contributed by atoms with Gasteiger partial charge in [0.05, 0.1) is 12.6 Å². The first-order chi connectivity index (χ1) is 2.27. The summed E-state index contributed by atoms with van der Waals surface area (Å²) < 4.78 is 0. The van der Waals surface area contributed by atoms with Gasteiger partial charge in [-0.15, -0.1) is 0 Å². The van der Waals surface area contributed by atoms with Gasteiger partial charge in [0, 0.05) is 0 Å². The Morgan fingerprint density at radius 2 is 2.00 bits per heavy atom. The number of rotatable bonds is 1. The van der Waals surface area contributed by atoms with Crippen molar-refractivity contribution < 1.29 is 97.4 Å². The van der Waals surface area contributed by atoms with Gasteiger partial charge in [0.15, 0.2) is 0 Å². The number of carboxylic acid groups (broad SMARTS) is 1. The summed E-state index contributed by atoms with van der Waals surface area (Å²) in [5, 5.41) is 16.5. The minimum absolute atomic E-state index is 0. The number of carboxylic acids is 1. The molecule has 0 saturated carbocycles. The fourth-order valence-corrected chi connectivity index (χ4v) is 0. The minimum Gasteiger partial charge on any atom is -1.00 e. The van der Waals surface area contributed by atoms with E-state index < -0.39 is 12.6 Å². The van der Waals surface area contributed by atoms with Crippen LogP contribution in [0.3, 0.4) is 0 Å². The van der Waals surface area contributed by atoms with E-state index in [1.807, 2.05) is 0 Å². The predicted molar refractivity (Wildman–Crippen MR) is 13.2 cm³/mol. The molecular weight excluding hydrogens is 134 g/mol. The Morgan fingerprint density at radius 1 is 1.86 bits per heavy atom. The van der Waals surface area contributed by atoms with Crippen molar-refractivity contribution in [3.05, 3.63) is 0 Å². The van der Waals surface area contributed by atoms with Crippen LogP contribution in [0.1, 0.15) is 1.43 Å². The van der Waals surface area contributed by atoms with Crippen LogP contribution in [0.5, 0.6) is 0 Å². The first kappa shape index (κ1) is 16.0. The van der Waals surface area contributed by atoms with Crippen LogP contribution in [-0.2, 0) is 4.79 Å². The van der Waals surface area contributed by atoms with Gasteiger partial charge < -0.3 is 16.4 Å². The van der Waals surface area contributed by atoms with Crippen LogP contribution in [-0.4, -0.2) is 17.7 Å². The summed E-state index contributed by atoms with van der Waals surface area (Å²) in [6, 6.07) is 0. The quantitative estimate of drug-likeness (QED) is 0.366. The summed E-state index contributed by atoms with van der Waals surface area (Å²) in [6.07, 6.45) is 0. The Bertz CT molecular complexity index is 52.5. The van der Waals surface area contributed by atoms with Crippen molar-refractivity contribution in [2.24, 2.45) is 0 Å². The van der Waals surface area contributed by atoms with E-state index in [9.17, 15) is 0 Å². The number of hydrogen-bond acceptors (Lipinski definition) is 3. The summed E-state index contributed by atoms with van der Waals surface area (Å²) in [5.74, 6) is -1.44. The molecule has 0 atom stereocenters. The monoisotopic (exact) mass is 138 g/mol. The maximum atomic E-state index is 9.01. The maximum absolute atomic E-state index is 9.01. The second-order valence-electron chi connectivity index (χ2n) is 0.530. The molecule has 0 aromatic heterocycles. The molecule has 0 aliphatic heterocycles. The second-order valence-corrected chi connectivity index (χ2v) is 0.530. The van der Waals surface area contributed by atoms with E-state index in [2.05, 4.69) is 0 Å². The Balaban J connectivity index is -0.0000000267. The zero-order valence-corrected chi connectivity index (χ0v) is 9.59. The molecule has 0 spiro atoms. The first-order valence-corrected chi connectivity index (χ1v) is 1.08. The molecule has 0 aromatic carbocycles. The van der Waals surface area contributed by atoms with Crippen LogP contribution in [0, 0.1) is 0 Å². The third-order valence-corrected chi connectivity index (χ3v) is 0.129. The molecule has 3 nitrogen and oxygen atoms in total. The average molecular weight is 138 g/mol. The van der Waals surface area contributed by atoms with Crippen molar-refractivity contribution in [3.63, 3.8) is 0 Å². The van der Waals surface area contributed by atoms with Gasteiger partial charge in [-0.05, 0) is 0 Å². The molecule has 0 unspecified atom stereocenters. The Morgan fingerprint density at radius 3 is 2.00 bits per heavy atom. The van der Waals surface area contributed by atoms with Gasteiger partial charge in [-0.1, -0.05) is 0 Å². The summed E-state index contributed by atoms with van der Waals surface area (Å²) in [7, 11) is 0. The SMILES string of the molecule is O=C([O-])CO.[H-].[K+].[Na+]. The molecule has 0 aliphatic carbocycles. The molecule has 0 amide bonds. The number of carbonyl (C=O) groups is 1. The van der Waals surface area contributed by atoms with Crippen LogP contribution in [0.25, 0.3) is 0 Å². The predicted octanol–water partition coefficient (Wildman–Crippen LogP) is -8.15. The molecule has 7 heavy (non-hydrogen) atoms. The number of aliphatic hydroxyl groups is 1. The van der Waals surface area contributed by atoms with E-state index in [1.54, 1.807) is 0 Å². The summed E-state index contributed by atoms with van der Waals surface area (Å²) in [5.41, 5.74) is 0. The molecule has 0 radical (unpaired) electrons. The van der Waals surface area contributed by atoms with Gasteiger partial charge in [-0.25, -0.2) is 0 Å². The van der Waals surface area contributed by atoms with Gasteiger partial charge in [0.1, 0.15) is 0 Å². The van der Waals surface area contributed by atoms with Crippen molar-refractivity contribution in [1.82, 2.24) is 0 Å². The topological polar surface area (TPSA) is 60.4 Å². The Labute approximate surface area is 108 Å². The number of carbonyl (C=O) groups excluding carboxylic acids is 1. The molecule has 1 N–H and O–H groups in total. The third kappa shape index (κ3) is 18.0. The zero-order valence-electron chi connectivity index (χ0n) is 5.47. The number of hydrogen-bond donors (Lipinski definition) is 1. The fraction of sp³-hybridized carbons (Fsp3) is 0.500. The molecule has 0 bridgehead atoms. The van der Waals surface area contributed by atoms with E-state index in [1.165, 1.54) is 0 Å². The largest absolute Gasteiger partial charge is 1.00 e. The summed E-state index contributed by atoms with van der Waals surface area (Å²) >= 11 is 0. The van der Waals surface area contributed by atoms with Crippen LogP contribution in [0.4, 0.5) is 0 Å². The first-order valence-electron chi connectivity index (χ1n) is 1.08. The second kappa shape index (κ2) is 10.9. The molecular formula is C2H4KNaO3. The summed E-state index contributed by atoms with van der Waals surface area (Å²) in [6.45, 7) is -0.889. The molecule has 0 rings (SSSR count). The number of aliphatic carboxylic acids is 1. The van der Waals surface area contributed by atoms with Crippen molar-refractivity contribution in [3.8, 4) is 0 Å². The smallest absolute Gasteiger partial charge is 1.00 e. The molecule has 0 aliphatic rings. The van der Waals surface area contributed by atoms with Gasteiger partial charge in [-0.3, -0.25) is 0 Å². The van der Waals surface area contributed by atoms with Crippen LogP contribution in [0.15, 0.2) is 0 Å². The van der Waals surface area contributed by atoms with Crippen LogP contribution < -0.4 is 86.0 Å². The maximum Gasteiger partial charge on any atom is 1.00 e. The average Bonchev–Trinajstić information content (AvgIpc) is 1.38. The van der Waals surface area contributed by atoms with Crippen molar-refractivity contribution in [2.75, 3.05) is 6.61 Å². The minimum atomic E-state index is -1.44. The molecule has 5 heteroatoms. The normalized spacial score (nSPS) is 5.29. The standard InChI is InChI=1S/C2H4O3.K.Na.H/c3-1-2(4)5;;;/h3H,1H2,(H,4,5);;;/q;2*+1;-1/p-1. The van der Waals surface area contributed by atoms with Crippen molar-refractivity contribution in [2.45, 2.75) is 0 Å². The van der Waals surface area contributed by atoms with E-state index >= 15 is 0 Å². The van der Waals surface area contributed by atoms with Crippen LogP contribution in [0.2, 0.25) is 0 Å². The van der Waals surface area contributed by atoms with E-state index in [0.29, 0.717) is 0 Å². The van der Waals surface area contributed by atoms with Gasteiger partial charge in [0.2, 0.25) is 0 Å². The summed E-state index contributed by atoms with van der Waals surface area (Å²) in [4.78, 5) is 9.01. The van der Waals surface area contributed by atoms with Crippen LogP contribution >= 0.6 is 0 Å². The van der Waals surface area contributed by atoms with Gasteiger partial charge in [0.25, 0.3) is 0 Å². The zero-order chi connectivity index (χ0) is 4.28. The third-order valence-electron chi connectivity index (χ3n) is 0.129. The van der Waals surface area contributed by atoms with E-state index in [-0.39, 0.29) is 82.4 Å². The van der Waals surface area contributed by atoms with Gasteiger partial charge in [-0.2, -0.15) is 0 Å². The van der Waals surface area contributed by atoms with E-state index in [4.69, 9.17) is 15.0 Å². The number of aliphatic hydroxyl groups excluding tert-OH is 1. The molecule has 32 valence electrons. The van der Waals surface area contributed by atoms with Gasteiger partial charge >= 0.3 is 80.9 Å². The van der Waals surface area contributed by atoms with Crippen molar-refractivity contribution in [1.29, 1.82) is 0 Å². The van der Waals surface area contributed by atoms with E-state index in [0.717, 1.165) is 0 Å². The Hall–Kier alpha value is 2.07. The Kier molecular flexibility index (Phi) is 25.1. The molecule has 0 fully saturated rings. The van der Waals surface area contributed by atoms with Crippen molar-refractivity contribution >= 4 is 5.97 Å². The fourth-order valence-electron chi connectivity index (χ4n) is 0. The molecule has 0 aromatic rings. The molecule has 0 heterocycles. The molecule has 0 saturated heterocycles.